The molecule has 2 N–H and O–H groups in total. The minimum Gasteiger partial charge on any atom is -0.481 e. The number of carboxylic acid groups (broad SMARTS) is 1. The molecule has 1 unspecified atom stereocenters. The highest BCUT2D eigenvalue weighted by molar-refractivity contribution is 7.89. The molecule has 0 saturated heterocycles. The molecule has 21 heavy (non-hydrogen) atoms. The topological polar surface area (TPSA) is 83.5 Å². The van der Waals surface area contributed by atoms with Gasteiger partial charge in [0.2, 0.25) is 10.0 Å². The van der Waals surface area contributed by atoms with Crippen molar-refractivity contribution in [3.05, 3.63) is 15.8 Å². The highest BCUT2D eigenvalue weighted by atomic mass is 32.2. The molecule has 0 aliphatic carbocycles. The molecule has 0 bridgehead atoms. The second kappa shape index (κ2) is 7.38. The lowest BCUT2D eigenvalue weighted by Crippen LogP contribution is -2.31. The lowest BCUT2D eigenvalue weighted by atomic mass is 9.94. The first kappa shape index (κ1) is 18.1. The zero-order chi connectivity index (χ0) is 16.2. The standard InChI is InChI=1S/C14H23NO4S2/c1-9(2)5-12(7-14(16)17)8-15-21(18,19)13-6-10(3)20-11(13)4/h6,9,12,15H,5,7-8H2,1-4H3,(H,16,17). The van der Waals surface area contributed by atoms with Crippen molar-refractivity contribution in [3.63, 3.8) is 0 Å². The van der Waals surface area contributed by atoms with Gasteiger partial charge in [-0.25, -0.2) is 13.1 Å². The first-order chi connectivity index (χ1) is 9.61. The highest BCUT2D eigenvalue weighted by Gasteiger charge is 2.22. The van der Waals surface area contributed by atoms with E-state index in [0.29, 0.717) is 17.2 Å². The van der Waals surface area contributed by atoms with Crippen molar-refractivity contribution in [3.8, 4) is 0 Å². The second-order valence-corrected chi connectivity index (χ2v) is 8.92. The van der Waals surface area contributed by atoms with E-state index in [2.05, 4.69) is 4.72 Å². The van der Waals surface area contributed by atoms with Crippen LogP contribution in [0.4, 0.5) is 0 Å². The summed E-state index contributed by atoms with van der Waals surface area (Å²) in [4.78, 5) is 12.9. The van der Waals surface area contributed by atoms with Gasteiger partial charge in [-0.05, 0) is 38.2 Å². The van der Waals surface area contributed by atoms with Gasteiger partial charge < -0.3 is 5.11 Å². The molecule has 1 atom stereocenters. The Morgan fingerprint density at radius 1 is 1.38 bits per heavy atom. The summed E-state index contributed by atoms with van der Waals surface area (Å²) in [6.07, 6.45) is 0.652. The van der Waals surface area contributed by atoms with Gasteiger partial charge in [0, 0.05) is 22.7 Å². The van der Waals surface area contributed by atoms with Gasteiger partial charge in [0.15, 0.2) is 0 Å². The van der Waals surface area contributed by atoms with Crippen LogP contribution in [-0.4, -0.2) is 26.0 Å². The van der Waals surface area contributed by atoms with Crippen molar-refractivity contribution in [2.24, 2.45) is 11.8 Å². The Kier molecular flexibility index (Phi) is 6.37. The number of carbonyl (C=O) groups is 1. The molecule has 0 fully saturated rings. The van der Waals surface area contributed by atoms with Gasteiger partial charge in [-0.2, -0.15) is 0 Å². The fourth-order valence-electron chi connectivity index (χ4n) is 2.33. The molecule has 0 aliphatic rings. The van der Waals surface area contributed by atoms with Gasteiger partial charge in [0.05, 0.1) is 4.90 Å². The Bertz CT molecular complexity index is 590. The van der Waals surface area contributed by atoms with Crippen molar-refractivity contribution < 1.29 is 18.3 Å². The van der Waals surface area contributed by atoms with Crippen LogP contribution >= 0.6 is 11.3 Å². The number of aryl methyl sites for hydroxylation is 2. The van der Waals surface area contributed by atoms with Gasteiger partial charge >= 0.3 is 5.97 Å². The van der Waals surface area contributed by atoms with Crippen molar-refractivity contribution in [1.82, 2.24) is 4.72 Å². The predicted molar refractivity (Wildman–Crippen MR) is 84.2 cm³/mol. The van der Waals surface area contributed by atoms with Crippen LogP contribution in [0.15, 0.2) is 11.0 Å². The number of hydrogen-bond donors (Lipinski definition) is 2. The van der Waals surface area contributed by atoms with Gasteiger partial charge in [-0.15, -0.1) is 11.3 Å². The van der Waals surface area contributed by atoms with Crippen molar-refractivity contribution >= 4 is 27.3 Å². The molecule has 1 heterocycles. The first-order valence-electron chi connectivity index (χ1n) is 6.90. The molecule has 0 spiro atoms. The molecule has 0 saturated carbocycles. The number of thiophene rings is 1. The summed E-state index contributed by atoms with van der Waals surface area (Å²) in [5.41, 5.74) is 0. The fraction of sp³-hybridized carbons (Fsp3) is 0.643. The molecule has 0 aromatic carbocycles. The maximum absolute atomic E-state index is 12.3. The van der Waals surface area contributed by atoms with Gasteiger partial charge in [-0.3, -0.25) is 4.79 Å². The molecule has 7 heteroatoms. The van der Waals surface area contributed by atoms with Gasteiger partial charge in [0.25, 0.3) is 0 Å². The minimum absolute atomic E-state index is 0.0254. The molecular formula is C14H23NO4S2. The molecule has 1 aromatic heterocycles. The molecule has 120 valence electrons. The Morgan fingerprint density at radius 2 is 2.00 bits per heavy atom. The molecule has 5 nitrogen and oxygen atoms in total. The van der Waals surface area contributed by atoms with Crippen LogP contribution in [0.1, 0.15) is 36.4 Å². The monoisotopic (exact) mass is 333 g/mol. The van der Waals surface area contributed by atoms with Crippen LogP contribution in [0, 0.1) is 25.7 Å². The Hall–Kier alpha value is -0.920. The SMILES string of the molecule is Cc1cc(S(=O)(=O)NCC(CC(=O)O)CC(C)C)c(C)s1. The third-order valence-electron chi connectivity index (χ3n) is 3.12. The Morgan fingerprint density at radius 3 is 2.43 bits per heavy atom. The molecule has 1 rings (SSSR count). The average Bonchev–Trinajstić information content (AvgIpc) is 2.65. The number of sulfonamides is 1. The lowest BCUT2D eigenvalue weighted by Gasteiger charge is -2.17. The van der Waals surface area contributed by atoms with Crippen molar-refractivity contribution in [1.29, 1.82) is 0 Å². The molecule has 0 aliphatic heterocycles. The minimum atomic E-state index is -3.57. The summed E-state index contributed by atoms with van der Waals surface area (Å²) in [6, 6.07) is 1.65. The highest BCUT2D eigenvalue weighted by Crippen LogP contribution is 2.25. The maximum Gasteiger partial charge on any atom is 0.303 e. The van der Waals surface area contributed by atoms with Crippen LogP contribution in [0.5, 0.6) is 0 Å². The summed E-state index contributed by atoms with van der Waals surface area (Å²) >= 11 is 1.44. The zero-order valence-electron chi connectivity index (χ0n) is 12.8. The second-order valence-electron chi connectivity index (χ2n) is 5.72. The van der Waals surface area contributed by atoms with Gasteiger partial charge in [-0.1, -0.05) is 13.8 Å². The molecule has 0 amide bonds. The summed E-state index contributed by atoms with van der Waals surface area (Å²) in [5, 5.41) is 8.92. The van der Waals surface area contributed by atoms with Crippen LogP contribution in [0.25, 0.3) is 0 Å². The molecule has 0 radical (unpaired) electrons. The maximum atomic E-state index is 12.3. The van der Waals surface area contributed by atoms with E-state index in [0.717, 1.165) is 9.75 Å². The summed E-state index contributed by atoms with van der Waals surface area (Å²) < 4.78 is 27.1. The average molecular weight is 333 g/mol. The van der Waals surface area contributed by atoms with Crippen LogP contribution in [0.3, 0.4) is 0 Å². The van der Waals surface area contributed by atoms with E-state index in [-0.39, 0.29) is 18.9 Å². The van der Waals surface area contributed by atoms with Gasteiger partial charge in [0.1, 0.15) is 0 Å². The summed E-state index contributed by atoms with van der Waals surface area (Å²) in [6.45, 7) is 7.78. The number of aliphatic carboxylic acids is 1. The number of hydrogen-bond acceptors (Lipinski definition) is 4. The van der Waals surface area contributed by atoms with E-state index < -0.39 is 16.0 Å². The first-order valence-corrected chi connectivity index (χ1v) is 9.20. The van der Waals surface area contributed by atoms with E-state index in [4.69, 9.17) is 5.11 Å². The zero-order valence-corrected chi connectivity index (χ0v) is 14.5. The number of carboxylic acids is 1. The normalized spacial score (nSPS) is 13.6. The van der Waals surface area contributed by atoms with Crippen molar-refractivity contribution in [2.45, 2.75) is 45.4 Å². The Labute approximate surface area is 130 Å². The van der Waals surface area contributed by atoms with E-state index in [1.165, 1.54) is 11.3 Å². The van der Waals surface area contributed by atoms with E-state index >= 15 is 0 Å². The summed E-state index contributed by atoms with van der Waals surface area (Å²) in [7, 11) is -3.57. The predicted octanol–water partition coefficient (Wildman–Crippen LogP) is 2.78. The smallest absolute Gasteiger partial charge is 0.303 e. The Balaban J connectivity index is 2.78. The van der Waals surface area contributed by atoms with Crippen LogP contribution < -0.4 is 4.72 Å². The fourth-order valence-corrected chi connectivity index (χ4v) is 5.00. The third kappa shape index (κ3) is 5.76. The molecular weight excluding hydrogens is 310 g/mol. The van der Waals surface area contributed by atoms with Crippen LogP contribution in [0.2, 0.25) is 0 Å². The van der Waals surface area contributed by atoms with E-state index in [1.807, 2.05) is 20.8 Å². The van der Waals surface area contributed by atoms with Crippen LogP contribution in [-0.2, 0) is 14.8 Å². The third-order valence-corrected chi connectivity index (χ3v) is 5.76. The van der Waals surface area contributed by atoms with E-state index in [1.54, 1.807) is 13.0 Å². The lowest BCUT2D eigenvalue weighted by molar-refractivity contribution is -0.138. The number of nitrogens with one attached hydrogen (secondary N) is 1. The number of rotatable bonds is 8. The van der Waals surface area contributed by atoms with Crippen molar-refractivity contribution in [2.75, 3.05) is 6.54 Å². The summed E-state index contributed by atoms with van der Waals surface area (Å²) in [5.74, 6) is -0.774. The largest absolute Gasteiger partial charge is 0.481 e. The van der Waals surface area contributed by atoms with E-state index in [9.17, 15) is 13.2 Å². The molecule has 1 aromatic rings. The quantitative estimate of drug-likeness (QED) is 0.766.